The number of para-hydroxylation sites is 1. The molecule has 0 unspecified atom stereocenters. The van der Waals surface area contributed by atoms with Crippen LogP contribution in [-0.2, 0) is 4.74 Å². The van der Waals surface area contributed by atoms with E-state index in [1.54, 1.807) is 24.3 Å². The number of methoxy groups -OCH3 is 2. The standard InChI is InChI=1S/C16H14ClNO4/c1-21-14-6-4-3-5-11(14)15(19)18-13-9-10(16(20)22-2)7-8-12(13)17/h3-9H,1-2H3,(H,18,19). The molecule has 0 bridgehead atoms. The van der Waals surface area contributed by atoms with Crippen LogP contribution >= 0.6 is 11.6 Å². The number of anilines is 1. The highest BCUT2D eigenvalue weighted by Crippen LogP contribution is 2.25. The molecule has 0 aromatic heterocycles. The number of nitrogens with one attached hydrogen (secondary N) is 1. The number of carbonyl (C=O) groups excluding carboxylic acids is 2. The van der Waals surface area contributed by atoms with Crippen molar-refractivity contribution in [1.82, 2.24) is 0 Å². The molecule has 2 aromatic carbocycles. The highest BCUT2D eigenvalue weighted by atomic mass is 35.5. The second-order valence-electron chi connectivity index (χ2n) is 4.34. The molecule has 1 N–H and O–H groups in total. The van der Waals surface area contributed by atoms with Gasteiger partial charge in [-0.2, -0.15) is 0 Å². The molecule has 0 spiro atoms. The normalized spacial score (nSPS) is 9.95. The van der Waals surface area contributed by atoms with Crippen molar-refractivity contribution in [2.24, 2.45) is 0 Å². The summed E-state index contributed by atoms with van der Waals surface area (Å²) in [5.74, 6) is -0.453. The molecule has 0 aliphatic rings. The van der Waals surface area contributed by atoms with Gasteiger partial charge in [0.2, 0.25) is 0 Å². The van der Waals surface area contributed by atoms with E-state index < -0.39 is 5.97 Å². The first-order valence-electron chi connectivity index (χ1n) is 6.39. The molecular weight excluding hydrogens is 306 g/mol. The van der Waals surface area contributed by atoms with E-state index in [2.05, 4.69) is 10.1 Å². The zero-order valence-electron chi connectivity index (χ0n) is 12.1. The molecule has 2 aromatic rings. The van der Waals surface area contributed by atoms with Gasteiger partial charge in [-0.25, -0.2) is 4.79 Å². The number of hydrogen-bond acceptors (Lipinski definition) is 4. The van der Waals surface area contributed by atoms with Crippen molar-refractivity contribution < 1.29 is 19.1 Å². The Morgan fingerprint density at radius 3 is 2.50 bits per heavy atom. The minimum Gasteiger partial charge on any atom is -0.496 e. The smallest absolute Gasteiger partial charge is 0.337 e. The maximum absolute atomic E-state index is 12.3. The zero-order chi connectivity index (χ0) is 16.1. The molecule has 0 atom stereocenters. The third-order valence-electron chi connectivity index (χ3n) is 2.99. The summed E-state index contributed by atoms with van der Waals surface area (Å²) in [6.07, 6.45) is 0. The average Bonchev–Trinajstić information content (AvgIpc) is 2.55. The lowest BCUT2D eigenvalue weighted by Gasteiger charge is -2.11. The largest absolute Gasteiger partial charge is 0.496 e. The van der Waals surface area contributed by atoms with Crippen LogP contribution < -0.4 is 10.1 Å². The fraction of sp³-hybridized carbons (Fsp3) is 0.125. The molecule has 0 saturated carbocycles. The van der Waals surface area contributed by atoms with Gasteiger partial charge in [0, 0.05) is 0 Å². The summed E-state index contributed by atoms with van der Waals surface area (Å²) in [6.45, 7) is 0. The van der Waals surface area contributed by atoms with Crippen LogP contribution in [0.15, 0.2) is 42.5 Å². The van der Waals surface area contributed by atoms with Gasteiger partial charge in [-0.05, 0) is 30.3 Å². The quantitative estimate of drug-likeness (QED) is 0.877. The summed E-state index contributed by atoms with van der Waals surface area (Å²) in [7, 11) is 2.76. The molecular formula is C16H14ClNO4. The van der Waals surface area contributed by atoms with Crippen LogP contribution in [0.2, 0.25) is 5.02 Å². The van der Waals surface area contributed by atoms with Gasteiger partial charge < -0.3 is 14.8 Å². The number of amides is 1. The van der Waals surface area contributed by atoms with Crippen LogP contribution in [0, 0.1) is 0 Å². The number of rotatable bonds is 4. The van der Waals surface area contributed by atoms with Gasteiger partial charge in [0.25, 0.3) is 5.91 Å². The second kappa shape index (κ2) is 6.95. The molecule has 114 valence electrons. The van der Waals surface area contributed by atoms with Gasteiger partial charge in [0.05, 0.1) is 36.1 Å². The number of halogens is 1. The van der Waals surface area contributed by atoms with Gasteiger partial charge >= 0.3 is 5.97 Å². The topological polar surface area (TPSA) is 64.6 Å². The SMILES string of the molecule is COC(=O)c1ccc(Cl)c(NC(=O)c2ccccc2OC)c1. The molecule has 2 rings (SSSR count). The Morgan fingerprint density at radius 1 is 1.09 bits per heavy atom. The molecule has 0 aliphatic heterocycles. The zero-order valence-corrected chi connectivity index (χ0v) is 12.8. The van der Waals surface area contributed by atoms with E-state index in [0.29, 0.717) is 27.6 Å². The van der Waals surface area contributed by atoms with Crippen molar-refractivity contribution in [2.75, 3.05) is 19.5 Å². The summed E-state index contributed by atoms with van der Waals surface area (Å²) in [5, 5.41) is 2.98. The Hall–Kier alpha value is -2.53. The number of esters is 1. The van der Waals surface area contributed by atoms with Crippen LogP contribution in [-0.4, -0.2) is 26.1 Å². The third kappa shape index (κ3) is 3.38. The fourth-order valence-electron chi connectivity index (χ4n) is 1.89. The van der Waals surface area contributed by atoms with E-state index in [4.69, 9.17) is 16.3 Å². The molecule has 0 aliphatic carbocycles. The summed E-state index contributed by atoms with van der Waals surface area (Å²) in [6, 6.07) is 11.3. The van der Waals surface area contributed by atoms with Gasteiger partial charge in [0.1, 0.15) is 5.75 Å². The first kappa shape index (κ1) is 15.9. The van der Waals surface area contributed by atoms with Crippen LogP contribution in [0.25, 0.3) is 0 Å². The molecule has 1 amide bonds. The van der Waals surface area contributed by atoms with Crippen LogP contribution in [0.3, 0.4) is 0 Å². The Labute approximate surface area is 132 Å². The first-order chi connectivity index (χ1) is 10.6. The molecule has 0 saturated heterocycles. The predicted molar refractivity (Wildman–Crippen MR) is 83.7 cm³/mol. The van der Waals surface area contributed by atoms with Gasteiger partial charge in [-0.15, -0.1) is 0 Å². The first-order valence-corrected chi connectivity index (χ1v) is 6.77. The third-order valence-corrected chi connectivity index (χ3v) is 3.32. The fourth-order valence-corrected chi connectivity index (χ4v) is 2.05. The van der Waals surface area contributed by atoms with E-state index in [-0.39, 0.29) is 5.91 Å². The minimum atomic E-state index is -0.510. The van der Waals surface area contributed by atoms with Crippen molar-refractivity contribution in [2.45, 2.75) is 0 Å². The van der Waals surface area contributed by atoms with Crippen molar-refractivity contribution >= 4 is 29.2 Å². The summed E-state index contributed by atoms with van der Waals surface area (Å²) >= 11 is 6.05. The lowest BCUT2D eigenvalue weighted by Crippen LogP contribution is -2.14. The van der Waals surface area contributed by atoms with E-state index in [0.717, 1.165) is 0 Å². The molecule has 6 heteroatoms. The number of carbonyl (C=O) groups is 2. The molecule has 0 heterocycles. The highest BCUT2D eigenvalue weighted by Gasteiger charge is 2.15. The maximum atomic E-state index is 12.3. The highest BCUT2D eigenvalue weighted by molar-refractivity contribution is 6.34. The summed E-state index contributed by atoms with van der Waals surface area (Å²) in [4.78, 5) is 23.9. The molecule has 5 nitrogen and oxygen atoms in total. The molecule has 22 heavy (non-hydrogen) atoms. The Kier molecular flexibility index (Phi) is 5.01. The predicted octanol–water partition coefficient (Wildman–Crippen LogP) is 3.39. The Balaban J connectivity index is 2.30. The van der Waals surface area contributed by atoms with Gasteiger partial charge in [-0.3, -0.25) is 4.79 Å². The lowest BCUT2D eigenvalue weighted by atomic mass is 10.1. The van der Waals surface area contributed by atoms with Crippen molar-refractivity contribution in [3.8, 4) is 5.75 Å². The van der Waals surface area contributed by atoms with Crippen LogP contribution in [0.4, 0.5) is 5.69 Å². The van der Waals surface area contributed by atoms with Crippen LogP contribution in [0.1, 0.15) is 20.7 Å². The number of ether oxygens (including phenoxy) is 2. The minimum absolute atomic E-state index is 0.294. The van der Waals surface area contributed by atoms with Crippen molar-refractivity contribution in [3.63, 3.8) is 0 Å². The van der Waals surface area contributed by atoms with E-state index in [1.165, 1.54) is 32.4 Å². The van der Waals surface area contributed by atoms with Crippen LogP contribution in [0.5, 0.6) is 5.75 Å². The van der Waals surface area contributed by atoms with E-state index in [1.807, 2.05) is 0 Å². The maximum Gasteiger partial charge on any atom is 0.337 e. The van der Waals surface area contributed by atoms with E-state index in [9.17, 15) is 9.59 Å². The molecule has 0 radical (unpaired) electrons. The monoisotopic (exact) mass is 319 g/mol. The van der Waals surface area contributed by atoms with Crippen molar-refractivity contribution in [3.05, 3.63) is 58.6 Å². The Morgan fingerprint density at radius 2 is 1.82 bits per heavy atom. The lowest BCUT2D eigenvalue weighted by molar-refractivity contribution is 0.0600. The van der Waals surface area contributed by atoms with Crippen molar-refractivity contribution in [1.29, 1.82) is 0 Å². The molecule has 0 fully saturated rings. The van der Waals surface area contributed by atoms with Gasteiger partial charge in [-0.1, -0.05) is 23.7 Å². The van der Waals surface area contributed by atoms with E-state index >= 15 is 0 Å². The summed E-state index contributed by atoms with van der Waals surface area (Å²) < 4.78 is 9.79. The second-order valence-corrected chi connectivity index (χ2v) is 4.75. The number of hydrogen-bond donors (Lipinski definition) is 1. The Bertz CT molecular complexity index is 715. The van der Waals surface area contributed by atoms with Gasteiger partial charge in [0.15, 0.2) is 0 Å². The summed E-state index contributed by atoms with van der Waals surface area (Å²) in [5.41, 5.74) is 0.979. The number of benzene rings is 2. The average molecular weight is 320 g/mol.